The number of aryl methyl sites for hydroxylation is 1. The zero-order valence-electron chi connectivity index (χ0n) is 13.7. The zero-order chi connectivity index (χ0) is 17.3. The van der Waals surface area contributed by atoms with Crippen LogP contribution in [-0.4, -0.2) is 10.4 Å². The van der Waals surface area contributed by atoms with Gasteiger partial charge in [0.05, 0.1) is 7.05 Å². The number of anilines is 1. The Morgan fingerprint density at radius 1 is 1.12 bits per heavy atom. The van der Waals surface area contributed by atoms with Gasteiger partial charge in [-0.2, -0.15) is 0 Å². The first kappa shape index (κ1) is 16.3. The Morgan fingerprint density at radius 3 is 2.38 bits per heavy atom. The number of benzene rings is 2. The summed E-state index contributed by atoms with van der Waals surface area (Å²) in [7, 11) is 1.88. The number of rotatable bonds is 4. The lowest BCUT2D eigenvalue weighted by Crippen LogP contribution is -2.39. The highest BCUT2D eigenvalue weighted by molar-refractivity contribution is 6.30. The number of ketones is 1. The van der Waals surface area contributed by atoms with Crippen molar-refractivity contribution < 1.29 is 9.36 Å². The van der Waals surface area contributed by atoms with Crippen molar-refractivity contribution in [3.05, 3.63) is 70.9 Å². The smallest absolute Gasteiger partial charge is 0.291 e. The molecule has 122 valence electrons. The largest absolute Gasteiger partial charge is 0.355 e. The van der Waals surface area contributed by atoms with Gasteiger partial charge in [0, 0.05) is 16.1 Å². The van der Waals surface area contributed by atoms with Crippen LogP contribution < -0.4 is 10.3 Å². The van der Waals surface area contributed by atoms with Crippen LogP contribution >= 0.6 is 11.6 Å². The summed E-state index contributed by atoms with van der Waals surface area (Å²) in [6.45, 7) is 2.20. The number of Topliss-reactive ketones (excluding diaryl/α,β-unsaturated/α-hetero) is 1. The van der Waals surface area contributed by atoms with Gasteiger partial charge in [-0.1, -0.05) is 41.4 Å². The normalized spacial score (nSPS) is 10.8. The summed E-state index contributed by atoms with van der Waals surface area (Å²) in [5, 5.41) is 0.684. The van der Waals surface area contributed by atoms with Gasteiger partial charge in [0.25, 0.3) is 0 Å². The Labute approximate surface area is 146 Å². The van der Waals surface area contributed by atoms with Gasteiger partial charge in [0.2, 0.25) is 0 Å². The van der Waals surface area contributed by atoms with Crippen molar-refractivity contribution in [2.24, 2.45) is 7.05 Å². The Bertz CT molecular complexity index is 880. The number of nitrogens with zero attached hydrogens (tertiary/aromatic N) is 2. The van der Waals surface area contributed by atoms with E-state index in [9.17, 15) is 4.79 Å². The van der Waals surface area contributed by atoms with Crippen LogP contribution in [0.15, 0.2) is 54.7 Å². The van der Waals surface area contributed by atoms with E-state index in [0.29, 0.717) is 16.5 Å². The van der Waals surface area contributed by atoms with Gasteiger partial charge in [-0.3, -0.25) is 10.5 Å². The molecule has 24 heavy (non-hydrogen) atoms. The average Bonchev–Trinajstić information content (AvgIpc) is 2.85. The fourth-order valence-electron chi connectivity index (χ4n) is 2.62. The molecule has 0 radical (unpaired) electrons. The lowest BCUT2D eigenvalue weighted by Gasteiger charge is -2.01. The van der Waals surface area contributed by atoms with Crippen molar-refractivity contribution in [2.45, 2.75) is 13.5 Å². The van der Waals surface area contributed by atoms with Crippen LogP contribution in [0.4, 0.5) is 5.95 Å². The van der Waals surface area contributed by atoms with Crippen LogP contribution in [-0.2, 0) is 13.6 Å². The van der Waals surface area contributed by atoms with Crippen LogP contribution in [0.2, 0.25) is 5.02 Å². The van der Waals surface area contributed by atoms with E-state index in [1.807, 2.05) is 73.3 Å². The first-order valence-electron chi connectivity index (χ1n) is 7.66. The maximum Gasteiger partial charge on any atom is 0.355 e. The first-order chi connectivity index (χ1) is 11.5. The van der Waals surface area contributed by atoms with Gasteiger partial charge >= 0.3 is 5.95 Å². The summed E-state index contributed by atoms with van der Waals surface area (Å²) >= 11 is 5.94. The molecule has 0 atom stereocenters. The predicted molar refractivity (Wildman–Crippen MR) is 96.0 cm³/mol. The zero-order valence-corrected chi connectivity index (χ0v) is 14.4. The number of hydrogen-bond acceptors (Lipinski definition) is 2. The van der Waals surface area contributed by atoms with Crippen molar-refractivity contribution in [2.75, 3.05) is 5.73 Å². The van der Waals surface area contributed by atoms with Crippen molar-refractivity contribution >= 4 is 23.3 Å². The number of aromatic nitrogens is 2. The molecule has 5 heteroatoms. The molecule has 0 amide bonds. The molecule has 0 unspecified atom stereocenters. The summed E-state index contributed by atoms with van der Waals surface area (Å²) in [4.78, 5) is 12.5. The molecule has 1 aromatic heterocycles. The summed E-state index contributed by atoms with van der Waals surface area (Å²) in [5.74, 6) is 0.556. The molecule has 4 nitrogen and oxygen atoms in total. The Balaban J connectivity index is 1.89. The van der Waals surface area contributed by atoms with E-state index in [1.165, 1.54) is 0 Å². The second-order valence-corrected chi connectivity index (χ2v) is 6.29. The number of halogens is 1. The van der Waals surface area contributed by atoms with Crippen LogP contribution in [0.25, 0.3) is 11.3 Å². The first-order valence-corrected chi connectivity index (χ1v) is 8.04. The third-order valence-corrected chi connectivity index (χ3v) is 4.36. The van der Waals surface area contributed by atoms with Crippen molar-refractivity contribution in [1.29, 1.82) is 0 Å². The maximum atomic E-state index is 12.5. The van der Waals surface area contributed by atoms with Crippen molar-refractivity contribution in [3.63, 3.8) is 0 Å². The minimum absolute atomic E-state index is 0.0277. The average molecular weight is 341 g/mol. The molecule has 0 aliphatic rings. The highest BCUT2D eigenvalue weighted by Gasteiger charge is 2.20. The number of imidazole rings is 1. The van der Waals surface area contributed by atoms with Crippen LogP contribution in [0.3, 0.4) is 0 Å². The summed E-state index contributed by atoms with van der Waals surface area (Å²) < 4.78 is 3.64. The number of carbonyl (C=O) groups is 1. The monoisotopic (exact) mass is 340 g/mol. The summed E-state index contributed by atoms with van der Waals surface area (Å²) in [6, 6.07) is 15.1. The number of carbonyl (C=O) groups excluding carboxylic acids is 1. The van der Waals surface area contributed by atoms with E-state index in [2.05, 4.69) is 0 Å². The fourth-order valence-corrected chi connectivity index (χ4v) is 2.74. The van der Waals surface area contributed by atoms with Gasteiger partial charge in [-0.15, -0.1) is 0 Å². The van der Waals surface area contributed by atoms with E-state index < -0.39 is 0 Å². The molecule has 3 aromatic rings. The molecule has 0 bridgehead atoms. The number of hydrogen-bond donors (Lipinski definition) is 1. The third kappa shape index (κ3) is 3.19. The molecule has 2 aromatic carbocycles. The van der Waals surface area contributed by atoms with E-state index in [4.69, 9.17) is 17.3 Å². The molecule has 0 spiro atoms. The number of nitrogens with two attached hydrogens (primary N) is 1. The SMILES string of the molecule is Cc1ccc(C(=O)C[n+]2cc(-c3ccc(Cl)cc3)n(C)c2N)cc1. The van der Waals surface area contributed by atoms with Gasteiger partial charge in [0.1, 0.15) is 18.4 Å². The minimum Gasteiger partial charge on any atom is -0.291 e. The molecule has 0 saturated carbocycles. The third-order valence-electron chi connectivity index (χ3n) is 4.10. The van der Waals surface area contributed by atoms with Gasteiger partial charge in [-0.25, -0.2) is 9.13 Å². The topological polar surface area (TPSA) is 51.9 Å². The highest BCUT2D eigenvalue weighted by atomic mass is 35.5. The van der Waals surface area contributed by atoms with Gasteiger partial charge in [-0.05, 0) is 31.2 Å². The highest BCUT2D eigenvalue weighted by Crippen LogP contribution is 2.22. The molecule has 0 aliphatic heterocycles. The van der Waals surface area contributed by atoms with E-state index in [0.717, 1.165) is 16.8 Å². The molecule has 0 fully saturated rings. The Kier molecular flexibility index (Phi) is 4.40. The van der Waals surface area contributed by atoms with Crippen molar-refractivity contribution in [1.82, 2.24) is 4.57 Å². The molecule has 2 N–H and O–H groups in total. The van der Waals surface area contributed by atoms with Crippen LogP contribution in [0.1, 0.15) is 15.9 Å². The second kappa shape index (κ2) is 6.49. The molecule has 3 rings (SSSR count). The second-order valence-electron chi connectivity index (χ2n) is 5.86. The Hall–Kier alpha value is -2.59. The predicted octanol–water partition coefficient (Wildman–Crippen LogP) is 3.41. The maximum absolute atomic E-state index is 12.5. The van der Waals surface area contributed by atoms with Crippen LogP contribution in [0, 0.1) is 6.92 Å². The van der Waals surface area contributed by atoms with E-state index >= 15 is 0 Å². The number of nitrogen functional groups attached to an aromatic ring is 1. The minimum atomic E-state index is 0.0277. The molecule has 0 saturated heterocycles. The Morgan fingerprint density at radius 2 is 1.75 bits per heavy atom. The lowest BCUT2D eigenvalue weighted by molar-refractivity contribution is -0.667. The van der Waals surface area contributed by atoms with Gasteiger partial charge in [0.15, 0.2) is 5.78 Å². The molecule has 0 aliphatic carbocycles. The molecular formula is C19H19ClN3O+. The fraction of sp³-hybridized carbons (Fsp3) is 0.158. The lowest BCUT2D eigenvalue weighted by atomic mass is 10.1. The van der Waals surface area contributed by atoms with Crippen LogP contribution in [0.5, 0.6) is 0 Å². The van der Waals surface area contributed by atoms with E-state index in [1.54, 1.807) is 4.57 Å². The summed E-state index contributed by atoms with van der Waals surface area (Å²) in [5.41, 5.74) is 9.91. The van der Waals surface area contributed by atoms with Crippen molar-refractivity contribution in [3.8, 4) is 11.3 Å². The standard InChI is InChI=1S/C19H18ClN3O/c1-13-3-5-15(6-4-13)18(24)12-23-11-17(22(2)19(23)21)14-7-9-16(20)10-8-14/h3-11,21H,12H2,1-2H3/p+1. The summed E-state index contributed by atoms with van der Waals surface area (Å²) in [6.07, 6.45) is 1.89. The molecular weight excluding hydrogens is 322 g/mol. The molecule has 1 heterocycles. The van der Waals surface area contributed by atoms with Gasteiger partial charge < -0.3 is 0 Å². The van der Waals surface area contributed by atoms with E-state index in [-0.39, 0.29) is 12.3 Å². The quantitative estimate of drug-likeness (QED) is 0.584.